The van der Waals surface area contributed by atoms with Crippen molar-refractivity contribution in [3.8, 4) is 0 Å². The Morgan fingerprint density at radius 2 is 2.00 bits per heavy atom. The minimum Gasteiger partial charge on any atom is -0.273 e. The monoisotopic (exact) mass is 140 g/mol. The lowest BCUT2D eigenvalue weighted by Crippen LogP contribution is -1.90. The zero-order valence-corrected chi connectivity index (χ0v) is 7.26. The molecular weight excluding hydrogens is 124 g/mol. The largest absolute Gasteiger partial charge is 0.273 e. The first-order valence-corrected chi connectivity index (χ1v) is 3.67. The average molecular weight is 140 g/mol. The Hall–Kier alpha value is -0.790. The Balaban J connectivity index is 0.000000236. The maximum absolute atomic E-state index is 3.93. The van der Waals surface area contributed by atoms with E-state index in [1.54, 1.807) is 6.20 Å². The van der Waals surface area contributed by atoms with Gasteiger partial charge >= 0.3 is 0 Å². The first kappa shape index (κ1) is 9.21. The van der Waals surface area contributed by atoms with E-state index in [1.807, 2.05) is 24.7 Å². The normalized spacial score (nSPS) is 8.40. The SMILES string of the molecule is CCC.Cc1ccnn1C. The minimum absolute atomic E-state index is 1.19. The van der Waals surface area contributed by atoms with Crippen molar-refractivity contribution < 1.29 is 0 Å². The molecule has 0 fully saturated rings. The van der Waals surface area contributed by atoms with Gasteiger partial charge in [0.25, 0.3) is 0 Å². The van der Waals surface area contributed by atoms with E-state index in [1.165, 1.54) is 12.1 Å². The molecule has 0 aromatic carbocycles. The van der Waals surface area contributed by atoms with Gasteiger partial charge in [-0.25, -0.2) is 0 Å². The number of aromatic nitrogens is 2. The second-order valence-corrected chi connectivity index (χ2v) is 2.30. The lowest BCUT2D eigenvalue weighted by atomic mass is 10.5. The summed E-state index contributed by atoms with van der Waals surface area (Å²) in [4.78, 5) is 0. The van der Waals surface area contributed by atoms with E-state index < -0.39 is 0 Å². The summed E-state index contributed by atoms with van der Waals surface area (Å²) < 4.78 is 1.83. The van der Waals surface area contributed by atoms with Gasteiger partial charge in [-0.15, -0.1) is 0 Å². The number of nitrogens with zero attached hydrogens (tertiary/aromatic N) is 2. The van der Waals surface area contributed by atoms with Gasteiger partial charge in [-0.3, -0.25) is 4.68 Å². The van der Waals surface area contributed by atoms with E-state index in [2.05, 4.69) is 18.9 Å². The number of hydrogen-bond acceptors (Lipinski definition) is 1. The second kappa shape index (κ2) is 5.03. The van der Waals surface area contributed by atoms with Gasteiger partial charge in [0.1, 0.15) is 0 Å². The summed E-state index contributed by atoms with van der Waals surface area (Å²) in [6.07, 6.45) is 3.04. The maximum Gasteiger partial charge on any atom is 0.0492 e. The molecule has 0 aliphatic heterocycles. The van der Waals surface area contributed by atoms with Crippen LogP contribution >= 0.6 is 0 Å². The van der Waals surface area contributed by atoms with Crippen LogP contribution in [0, 0.1) is 6.92 Å². The summed E-state index contributed by atoms with van der Waals surface area (Å²) in [5.74, 6) is 0. The van der Waals surface area contributed by atoms with E-state index in [9.17, 15) is 0 Å². The van der Waals surface area contributed by atoms with Gasteiger partial charge in [0, 0.05) is 18.9 Å². The van der Waals surface area contributed by atoms with Gasteiger partial charge in [-0.1, -0.05) is 20.3 Å². The van der Waals surface area contributed by atoms with Crippen LogP contribution in [0.5, 0.6) is 0 Å². The molecule has 1 aromatic rings. The highest BCUT2D eigenvalue weighted by Gasteiger charge is 1.83. The standard InChI is InChI=1S/C5H8N2.C3H8/c1-5-3-4-6-7(5)2;1-3-2/h3-4H,1-2H3;3H2,1-2H3. The molecule has 0 bridgehead atoms. The van der Waals surface area contributed by atoms with Gasteiger partial charge < -0.3 is 0 Å². The van der Waals surface area contributed by atoms with Crippen LogP contribution in [0.3, 0.4) is 0 Å². The van der Waals surface area contributed by atoms with Crippen LogP contribution in [0.2, 0.25) is 0 Å². The fourth-order valence-corrected chi connectivity index (χ4v) is 0.440. The molecule has 0 amide bonds. The molecule has 0 aliphatic carbocycles. The molecule has 0 aliphatic rings. The molecule has 0 spiro atoms. The molecule has 1 rings (SSSR count). The zero-order chi connectivity index (χ0) is 7.98. The van der Waals surface area contributed by atoms with E-state index in [-0.39, 0.29) is 0 Å². The molecule has 0 saturated heterocycles. The summed E-state index contributed by atoms with van der Waals surface area (Å²) in [6.45, 7) is 6.27. The molecule has 2 nitrogen and oxygen atoms in total. The van der Waals surface area contributed by atoms with Gasteiger partial charge in [0.05, 0.1) is 0 Å². The van der Waals surface area contributed by atoms with Crippen LogP contribution < -0.4 is 0 Å². The molecule has 1 heterocycles. The first-order chi connectivity index (χ1) is 4.72. The molecule has 0 unspecified atom stereocenters. The van der Waals surface area contributed by atoms with Crippen molar-refractivity contribution >= 4 is 0 Å². The van der Waals surface area contributed by atoms with Crippen molar-refractivity contribution in [3.05, 3.63) is 18.0 Å². The fraction of sp³-hybridized carbons (Fsp3) is 0.625. The van der Waals surface area contributed by atoms with Crippen LogP contribution in [0.1, 0.15) is 26.0 Å². The fourth-order valence-electron chi connectivity index (χ4n) is 0.440. The van der Waals surface area contributed by atoms with Crippen LogP contribution in [0.15, 0.2) is 12.3 Å². The third-order valence-corrected chi connectivity index (χ3v) is 1.07. The highest BCUT2D eigenvalue weighted by atomic mass is 15.2. The minimum atomic E-state index is 1.19. The smallest absolute Gasteiger partial charge is 0.0492 e. The lowest BCUT2D eigenvalue weighted by Gasteiger charge is -1.87. The predicted molar refractivity (Wildman–Crippen MR) is 43.9 cm³/mol. The number of rotatable bonds is 0. The van der Waals surface area contributed by atoms with Gasteiger partial charge in [-0.05, 0) is 13.0 Å². The number of aryl methyl sites for hydroxylation is 2. The van der Waals surface area contributed by atoms with E-state index in [0.29, 0.717) is 0 Å². The van der Waals surface area contributed by atoms with Crippen LogP contribution in [0.4, 0.5) is 0 Å². The predicted octanol–water partition coefficient (Wildman–Crippen LogP) is 2.14. The third kappa shape index (κ3) is 3.28. The summed E-state index contributed by atoms with van der Waals surface area (Å²) in [5, 5.41) is 3.93. The Morgan fingerprint density at radius 3 is 2.10 bits per heavy atom. The topological polar surface area (TPSA) is 17.8 Å². The molecule has 1 aromatic heterocycles. The molecule has 58 valence electrons. The first-order valence-electron chi connectivity index (χ1n) is 3.67. The molecular formula is C8H16N2. The van der Waals surface area contributed by atoms with Gasteiger partial charge in [0.15, 0.2) is 0 Å². The Bertz CT molecular complexity index is 151. The van der Waals surface area contributed by atoms with Crippen molar-refractivity contribution in [1.29, 1.82) is 0 Å². The van der Waals surface area contributed by atoms with E-state index in [0.717, 1.165) is 0 Å². The molecule has 0 saturated carbocycles. The van der Waals surface area contributed by atoms with E-state index in [4.69, 9.17) is 0 Å². The highest BCUT2D eigenvalue weighted by molar-refractivity contribution is 4.94. The average Bonchev–Trinajstić information content (AvgIpc) is 2.19. The molecule has 0 N–H and O–H groups in total. The van der Waals surface area contributed by atoms with E-state index >= 15 is 0 Å². The lowest BCUT2D eigenvalue weighted by molar-refractivity contribution is 0.740. The molecule has 0 atom stereocenters. The quantitative estimate of drug-likeness (QED) is 0.540. The van der Waals surface area contributed by atoms with Crippen LogP contribution in [-0.2, 0) is 7.05 Å². The highest BCUT2D eigenvalue weighted by Crippen LogP contribution is 1.88. The summed E-state index contributed by atoms with van der Waals surface area (Å²) in [7, 11) is 1.93. The van der Waals surface area contributed by atoms with Crippen molar-refractivity contribution in [2.24, 2.45) is 7.05 Å². The van der Waals surface area contributed by atoms with Crippen LogP contribution in [0.25, 0.3) is 0 Å². The van der Waals surface area contributed by atoms with Crippen molar-refractivity contribution in [1.82, 2.24) is 9.78 Å². The summed E-state index contributed by atoms with van der Waals surface area (Å²) in [5.41, 5.74) is 1.19. The summed E-state index contributed by atoms with van der Waals surface area (Å²) in [6, 6.07) is 1.97. The molecule has 10 heavy (non-hydrogen) atoms. The van der Waals surface area contributed by atoms with Gasteiger partial charge in [0.2, 0.25) is 0 Å². The zero-order valence-electron chi connectivity index (χ0n) is 7.26. The van der Waals surface area contributed by atoms with Crippen LogP contribution in [-0.4, -0.2) is 9.78 Å². The van der Waals surface area contributed by atoms with Gasteiger partial charge in [-0.2, -0.15) is 5.10 Å². The summed E-state index contributed by atoms with van der Waals surface area (Å²) >= 11 is 0. The molecule has 2 heteroatoms. The maximum atomic E-state index is 3.93. The molecule has 0 radical (unpaired) electrons. The second-order valence-electron chi connectivity index (χ2n) is 2.30. The Morgan fingerprint density at radius 1 is 1.50 bits per heavy atom. The Kier molecular flexibility index (Phi) is 4.63. The number of hydrogen-bond donors (Lipinski definition) is 0. The Labute approximate surface area is 62.9 Å². The van der Waals surface area contributed by atoms with Crippen molar-refractivity contribution in [2.75, 3.05) is 0 Å². The van der Waals surface area contributed by atoms with Crippen molar-refractivity contribution in [2.45, 2.75) is 27.2 Å². The van der Waals surface area contributed by atoms with Crippen molar-refractivity contribution in [3.63, 3.8) is 0 Å². The third-order valence-electron chi connectivity index (χ3n) is 1.07.